The highest BCUT2D eigenvalue weighted by Gasteiger charge is 2.37. The first-order valence-electron chi connectivity index (χ1n) is 13.1. The number of aryl methyl sites for hydroxylation is 2. The number of aliphatic imine (C=N–C) groups is 1. The lowest BCUT2D eigenvalue weighted by atomic mass is 9.77. The molecule has 0 fully saturated rings. The van der Waals surface area contributed by atoms with Gasteiger partial charge in [0.15, 0.2) is 0 Å². The van der Waals surface area contributed by atoms with Gasteiger partial charge in [-0.3, -0.25) is 4.99 Å². The zero-order valence-electron chi connectivity index (χ0n) is 21.4. The van der Waals surface area contributed by atoms with Crippen molar-refractivity contribution in [3.63, 3.8) is 0 Å². The standard InChI is InChI=1S/C34H32N2O/c1-23-18-24(2)20-26(19-23)22-37-29-16-10-25(11-17-29)21-35-28-14-12-27(13-15-28)34-32-8-5-7-30(32)31-6-3-4-9-33(31)36-34/h3-7,9-21,30,32,34,36H,8,22H2,1-2H3/t30-,32+,34-/m0/s1. The average molecular weight is 485 g/mol. The lowest BCUT2D eigenvalue weighted by molar-refractivity contribution is 0.306. The van der Waals surface area contributed by atoms with E-state index in [2.05, 4.69) is 98.0 Å². The van der Waals surface area contributed by atoms with Gasteiger partial charge in [-0.2, -0.15) is 0 Å². The van der Waals surface area contributed by atoms with E-state index in [-0.39, 0.29) is 0 Å². The summed E-state index contributed by atoms with van der Waals surface area (Å²) in [4.78, 5) is 4.71. The van der Waals surface area contributed by atoms with Crippen LogP contribution in [0, 0.1) is 19.8 Å². The van der Waals surface area contributed by atoms with Crippen LogP contribution in [0.5, 0.6) is 5.75 Å². The number of anilines is 1. The number of hydrogen-bond donors (Lipinski definition) is 1. The fourth-order valence-corrected chi connectivity index (χ4v) is 5.76. The van der Waals surface area contributed by atoms with Gasteiger partial charge in [0.05, 0.1) is 11.7 Å². The molecule has 0 aromatic heterocycles. The van der Waals surface area contributed by atoms with E-state index in [1.807, 2.05) is 30.5 Å². The zero-order chi connectivity index (χ0) is 25.2. The van der Waals surface area contributed by atoms with E-state index in [0.29, 0.717) is 24.5 Å². The van der Waals surface area contributed by atoms with Gasteiger partial charge in [-0.15, -0.1) is 0 Å². The Morgan fingerprint density at radius 3 is 2.43 bits per heavy atom. The fraction of sp³-hybridized carbons (Fsp3) is 0.206. The van der Waals surface area contributed by atoms with Crippen LogP contribution < -0.4 is 10.1 Å². The molecule has 0 radical (unpaired) electrons. The summed E-state index contributed by atoms with van der Waals surface area (Å²) >= 11 is 0. The fourth-order valence-electron chi connectivity index (χ4n) is 5.76. The third kappa shape index (κ3) is 5.08. The van der Waals surface area contributed by atoms with Crippen LogP contribution in [0.3, 0.4) is 0 Å². The molecule has 37 heavy (non-hydrogen) atoms. The maximum Gasteiger partial charge on any atom is 0.119 e. The molecule has 0 amide bonds. The van der Waals surface area contributed by atoms with Crippen molar-refractivity contribution in [3.05, 3.63) is 137 Å². The van der Waals surface area contributed by atoms with Crippen molar-refractivity contribution < 1.29 is 4.74 Å². The third-order valence-electron chi connectivity index (χ3n) is 7.45. The van der Waals surface area contributed by atoms with Crippen LogP contribution in [0.4, 0.5) is 11.4 Å². The largest absolute Gasteiger partial charge is 0.489 e. The molecule has 3 nitrogen and oxygen atoms in total. The normalized spacial score (nSPS) is 19.9. The van der Waals surface area contributed by atoms with Gasteiger partial charge in [0, 0.05) is 17.8 Å². The van der Waals surface area contributed by atoms with Gasteiger partial charge in [-0.25, -0.2) is 0 Å². The Morgan fingerprint density at radius 1 is 0.892 bits per heavy atom. The van der Waals surface area contributed by atoms with E-state index in [4.69, 9.17) is 9.73 Å². The maximum atomic E-state index is 5.99. The molecule has 0 unspecified atom stereocenters. The first kappa shape index (κ1) is 23.3. The van der Waals surface area contributed by atoms with Crippen molar-refractivity contribution in [2.24, 2.45) is 10.9 Å². The summed E-state index contributed by atoms with van der Waals surface area (Å²) in [5.74, 6) is 1.91. The molecule has 184 valence electrons. The van der Waals surface area contributed by atoms with Gasteiger partial charge in [0.25, 0.3) is 0 Å². The van der Waals surface area contributed by atoms with Crippen LogP contribution in [-0.4, -0.2) is 6.21 Å². The van der Waals surface area contributed by atoms with Gasteiger partial charge in [0.2, 0.25) is 0 Å². The second-order valence-electron chi connectivity index (χ2n) is 10.3. The van der Waals surface area contributed by atoms with Crippen molar-refractivity contribution in [1.29, 1.82) is 0 Å². The molecule has 0 saturated carbocycles. The van der Waals surface area contributed by atoms with E-state index < -0.39 is 0 Å². The second kappa shape index (κ2) is 10.1. The van der Waals surface area contributed by atoms with Gasteiger partial charge >= 0.3 is 0 Å². The van der Waals surface area contributed by atoms with Crippen LogP contribution in [0.1, 0.15) is 51.8 Å². The topological polar surface area (TPSA) is 33.6 Å². The minimum absolute atomic E-state index is 0.309. The molecule has 0 spiro atoms. The molecule has 1 aliphatic heterocycles. The maximum absolute atomic E-state index is 5.99. The predicted molar refractivity (Wildman–Crippen MR) is 153 cm³/mol. The zero-order valence-corrected chi connectivity index (χ0v) is 21.4. The van der Waals surface area contributed by atoms with Gasteiger partial charge in [-0.05, 0) is 90.9 Å². The summed E-state index contributed by atoms with van der Waals surface area (Å²) in [5, 5.41) is 3.80. The first-order valence-corrected chi connectivity index (χ1v) is 13.1. The Hall–Kier alpha value is -4.11. The Kier molecular flexibility index (Phi) is 6.36. The Bertz CT molecular complexity index is 1430. The van der Waals surface area contributed by atoms with Crippen molar-refractivity contribution in [2.45, 2.75) is 38.8 Å². The number of benzene rings is 4. The van der Waals surface area contributed by atoms with Crippen LogP contribution in [-0.2, 0) is 6.61 Å². The average Bonchev–Trinajstić information content (AvgIpc) is 3.41. The molecule has 4 aromatic rings. The van der Waals surface area contributed by atoms with E-state index in [9.17, 15) is 0 Å². The van der Waals surface area contributed by atoms with Crippen LogP contribution >= 0.6 is 0 Å². The molecule has 2 aliphatic rings. The molecule has 3 heteroatoms. The molecular weight excluding hydrogens is 452 g/mol. The smallest absolute Gasteiger partial charge is 0.119 e. The van der Waals surface area contributed by atoms with Crippen LogP contribution in [0.25, 0.3) is 0 Å². The van der Waals surface area contributed by atoms with Crippen LogP contribution in [0.15, 0.2) is 108 Å². The molecule has 6 rings (SSSR count). The Balaban J connectivity index is 1.10. The number of para-hydroxylation sites is 1. The summed E-state index contributed by atoms with van der Waals surface area (Å²) in [6, 6.07) is 32.3. The van der Waals surface area contributed by atoms with Crippen molar-refractivity contribution in [1.82, 2.24) is 0 Å². The Labute approximate surface area is 219 Å². The summed E-state index contributed by atoms with van der Waals surface area (Å²) in [7, 11) is 0. The number of nitrogens with one attached hydrogen (secondary N) is 1. The number of nitrogens with zero attached hydrogens (tertiary/aromatic N) is 1. The minimum atomic E-state index is 0.309. The molecular formula is C34H32N2O. The number of ether oxygens (including phenoxy) is 1. The molecule has 1 heterocycles. The molecule has 4 aromatic carbocycles. The lowest BCUT2D eigenvalue weighted by Crippen LogP contribution is -2.28. The van der Waals surface area contributed by atoms with Crippen molar-refractivity contribution >= 4 is 17.6 Å². The molecule has 1 aliphatic carbocycles. The summed E-state index contributed by atoms with van der Waals surface area (Å²) in [6.07, 6.45) is 7.75. The molecule has 0 bridgehead atoms. The van der Waals surface area contributed by atoms with Crippen molar-refractivity contribution in [2.75, 3.05) is 5.32 Å². The van der Waals surface area contributed by atoms with Gasteiger partial charge in [0.1, 0.15) is 12.4 Å². The Morgan fingerprint density at radius 2 is 1.65 bits per heavy atom. The number of allylic oxidation sites excluding steroid dienone is 2. The van der Waals surface area contributed by atoms with E-state index in [0.717, 1.165) is 23.4 Å². The van der Waals surface area contributed by atoms with Gasteiger partial charge < -0.3 is 10.1 Å². The minimum Gasteiger partial charge on any atom is -0.489 e. The lowest BCUT2D eigenvalue weighted by Gasteiger charge is -2.37. The summed E-state index contributed by atoms with van der Waals surface area (Å²) in [5.41, 5.74) is 9.71. The van der Waals surface area contributed by atoms with E-state index in [1.54, 1.807) is 0 Å². The monoisotopic (exact) mass is 484 g/mol. The van der Waals surface area contributed by atoms with Crippen LogP contribution in [0.2, 0.25) is 0 Å². The third-order valence-corrected chi connectivity index (χ3v) is 7.45. The number of rotatable bonds is 6. The molecule has 3 atom stereocenters. The molecule has 0 saturated heterocycles. The second-order valence-corrected chi connectivity index (χ2v) is 10.3. The highest BCUT2D eigenvalue weighted by molar-refractivity contribution is 5.82. The highest BCUT2D eigenvalue weighted by atomic mass is 16.5. The first-order chi connectivity index (χ1) is 18.1. The number of fused-ring (bicyclic) bond motifs is 3. The SMILES string of the molecule is Cc1cc(C)cc(COc2ccc(C=Nc3ccc([C@@H]4Nc5ccccc5[C@@H]5C=CC[C@H]54)cc3)cc2)c1. The summed E-state index contributed by atoms with van der Waals surface area (Å²) in [6.45, 7) is 4.81. The van der Waals surface area contributed by atoms with Gasteiger partial charge in [-0.1, -0.05) is 71.8 Å². The number of hydrogen-bond acceptors (Lipinski definition) is 3. The van der Waals surface area contributed by atoms with E-state index in [1.165, 1.54) is 33.5 Å². The predicted octanol–water partition coefficient (Wildman–Crippen LogP) is 8.46. The highest BCUT2D eigenvalue weighted by Crippen LogP contribution is 2.49. The quantitative estimate of drug-likeness (QED) is 0.220. The van der Waals surface area contributed by atoms with Crippen molar-refractivity contribution in [3.8, 4) is 5.75 Å². The summed E-state index contributed by atoms with van der Waals surface area (Å²) < 4.78 is 5.99. The molecule has 1 N–H and O–H groups in total. The van der Waals surface area contributed by atoms with E-state index >= 15 is 0 Å².